The van der Waals surface area contributed by atoms with Gasteiger partial charge in [0.25, 0.3) is 0 Å². The molecule has 1 aromatic carbocycles. The summed E-state index contributed by atoms with van der Waals surface area (Å²) < 4.78 is 18.7. The molecule has 90 valence electrons. The second-order valence-corrected chi connectivity index (χ2v) is 4.16. The van der Waals surface area contributed by atoms with E-state index in [2.05, 4.69) is 10.1 Å². The molecule has 0 aliphatic heterocycles. The van der Waals surface area contributed by atoms with Gasteiger partial charge in [-0.15, -0.1) is 11.6 Å². The summed E-state index contributed by atoms with van der Waals surface area (Å²) in [7, 11) is 0. The largest absolute Gasteiger partial charge is 0.338 e. The van der Waals surface area contributed by atoms with Gasteiger partial charge in [0.15, 0.2) is 5.82 Å². The quantitative estimate of drug-likeness (QED) is 0.798. The van der Waals surface area contributed by atoms with E-state index < -0.39 is 6.17 Å². The van der Waals surface area contributed by atoms with E-state index in [4.69, 9.17) is 27.7 Å². The fourth-order valence-corrected chi connectivity index (χ4v) is 1.61. The van der Waals surface area contributed by atoms with Gasteiger partial charge in [0, 0.05) is 11.4 Å². The van der Waals surface area contributed by atoms with Crippen molar-refractivity contribution in [3.8, 4) is 0 Å². The number of hydrogen-bond acceptors (Lipinski definition) is 3. The molecular formula is C11H9Cl2FN2O. The molecule has 6 heteroatoms. The molecular weight excluding hydrogens is 266 g/mol. The molecule has 0 spiro atoms. The van der Waals surface area contributed by atoms with Crippen LogP contribution in [-0.4, -0.2) is 10.1 Å². The van der Waals surface area contributed by atoms with E-state index >= 15 is 0 Å². The molecule has 1 aromatic heterocycles. The lowest BCUT2D eigenvalue weighted by molar-refractivity contribution is 0.327. The van der Waals surface area contributed by atoms with Gasteiger partial charge in [0.1, 0.15) is 12.1 Å². The van der Waals surface area contributed by atoms with Crippen LogP contribution in [0.25, 0.3) is 0 Å². The zero-order valence-electron chi connectivity index (χ0n) is 8.74. The molecule has 1 heterocycles. The number of hydrogen-bond donors (Lipinski definition) is 0. The van der Waals surface area contributed by atoms with Crippen molar-refractivity contribution < 1.29 is 8.91 Å². The van der Waals surface area contributed by atoms with E-state index in [1.807, 2.05) is 0 Å². The minimum Gasteiger partial charge on any atom is -0.338 e. The molecule has 0 radical (unpaired) electrons. The van der Waals surface area contributed by atoms with Crippen LogP contribution in [0.1, 0.15) is 23.5 Å². The Hall–Kier alpha value is -1.13. The average molecular weight is 275 g/mol. The van der Waals surface area contributed by atoms with E-state index in [0.717, 1.165) is 0 Å². The van der Waals surface area contributed by atoms with E-state index in [0.29, 0.717) is 22.3 Å². The Labute approximate surface area is 108 Å². The number of alkyl halides is 2. The number of rotatable bonds is 4. The molecule has 3 nitrogen and oxygen atoms in total. The molecule has 0 N–H and O–H groups in total. The van der Waals surface area contributed by atoms with Crippen LogP contribution in [0.2, 0.25) is 5.02 Å². The zero-order valence-corrected chi connectivity index (χ0v) is 10.2. The second-order valence-electron chi connectivity index (χ2n) is 3.46. The van der Waals surface area contributed by atoms with Gasteiger partial charge >= 0.3 is 0 Å². The van der Waals surface area contributed by atoms with Crippen LogP contribution in [0.5, 0.6) is 0 Å². The molecule has 17 heavy (non-hydrogen) atoms. The van der Waals surface area contributed by atoms with E-state index in [9.17, 15) is 4.39 Å². The Morgan fingerprint density at radius 3 is 2.59 bits per heavy atom. The van der Waals surface area contributed by atoms with Gasteiger partial charge < -0.3 is 4.52 Å². The minimum atomic E-state index is -1.19. The van der Waals surface area contributed by atoms with Crippen molar-refractivity contribution in [1.82, 2.24) is 10.1 Å². The van der Waals surface area contributed by atoms with E-state index in [1.54, 1.807) is 24.3 Å². The standard InChI is InChI=1S/C11H9Cl2FN2O/c12-6-11-15-10(16-17-11)5-9(14)7-1-3-8(13)4-2-7/h1-4,9H,5-6H2. The summed E-state index contributed by atoms with van der Waals surface area (Å²) in [5.74, 6) is 0.735. The van der Waals surface area contributed by atoms with Crippen LogP contribution >= 0.6 is 23.2 Å². The van der Waals surface area contributed by atoms with Gasteiger partial charge in [0.05, 0.1) is 0 Å². The SMILES string of the molecule is FC(Cc1noc(CCl)n1)c1ccc(Cl)cc1. The van der Waals surface area contributed by atoms with Gasteiger partial charge in [-0.1, -0.05) is 28.9 Å². The number of halogens is 3. The first-order chi connectivity index (χ1) is 8.19. The highest BCUT2D eigenvalue weighted by molar-refractivity contribution is 6.30. The summed E-state index contributed by atoms with van der Waals surface area (Å²) in [5.41, 5.74) is 0.534. The summed E-state index contributed by atoms with van der Waals surface area (Å²) in [6.45, 7) is 0. The first kappa shape index (κ1) is 12.3. The van der Waals surface area contributed by atoms with Crippen LogP contribution in [0.15, 0.2) is 28.8 Å². The predicted octanol–water partition coefficient (Wildman–Crippen LogP) is 3.72. The van der Waals surface area contributed by atoms with Crippen LogP contribution in [0.3, 0.4) is 0 Å². The van der Waals surface area contributed by atoms with Crippen molar-refractivity contribution in [2.75, 3.05) is 0 Å². The van der Waals surface area contributed by atoms with Crippen LogP contribution in [0, 0.1) is 0 Å². The molecule has 1 unspecified atom stereocenters. The lowest BCUT2D eigenvalue weighted by Crippen LogP contribution is -1.98. The van der Waals surface area contributed by atoms with E-state index in [1.165, 1.54) is 0 Å². The molecule has 0 fully saturated rings. The van der Waals surface area contributed by atoms with Crippen molar-refractivity contribution in [1.29, 1.82) is 0 Å². The highest BCUT2D eigenvalue weighted by Crippen LogP contribution is 2.22. The summed E-state index contributed by atoms with van der Waals surface area (Å²) in [6, 6.07) is 6.55. The molecule has 2 aromatic rings. The molecule has 0 amide bonds. The van der Waals surface area contributed by atoms with Crippen LogP contribution in [0.4, 0.5) is 4.39 Å². The maximum absolute atomic E-state index is 13.9. The number of benzene rings is 1. The Morgan fingerprint density at radius 2 is 2.00 bits per heavy atom. The molecule has 0 aliphatic rings. The predicted molar refractivity (Wildman–Crippen MR) is 62.9 cm³/mol. The average Bonchev–Trinajstić information content (AvgIpc) is 2.77. The molecule has 1 atom stereocenters. The lowest BCUT2D eigenvalue weighted by atomic mass is 10.1. The smallest absolute Gasteiger partial charge is 0.241 e. The fourth-order valence-electron chi connectivity index (χ4n) is 1.38. The Morgan fingerprint density at radius 1 is 1.29 bits per heavy atom. The number of nitrogens with zero attached hydrogens (tertiary/aromatic N) is 2. The van der Waals surface area contributed by atoms with Gasteiger partial charge in [0.2, 0.25) is 5.89 Å². The van der Waals surface area contributed by atoms with Crippen molar-refractivity contribution in [2.24, 2.45) is 0 Å². The van der Waals surface area contributed by atoms with Gasteiger partial charge in [-0.25, -0.2) is 4.39 Å². The van der Waals surface area contributed by atoms with Crippen molar-refractivity contribution in [3.63, 3.8) is 0 Å². The van der Waals surface area contributed by atoms with Crippen molar-refractivity contribution >= 4 is 23.2 Å². The molecule has 0 bridgehead atoms. The third-order valence-electron chi connectivity index (χ3n) is 2.22. The molecule has 0 saturated heterocycles. The molecule has 2 rings (SSSR count). The summed E-state index contributed by atoms with van der Waals surface area (Å²) in [5, 5.41) is 4.21. The first-order valence-electron chi connectivity index (χ1n) is 4.96. The monoisotopic (exact) mass is 274 g/mol. The van der Waals surface area contributed by atoms with Crippen LogP contribution in [-0.2, 0) is 12.3 Å². The fraction of sp³-hybridized carbons (Fsp3) is 0.273. The Kier molecular flexibility index (Phi) is 3.97. The lowest BCUT2D eigenvalue weighted by Gasteiger charge is -2.05. The Balaban J connectivity index is 2.05. The summed E-state index contributed by atoms with van der Waals surface area (Å²) >= 11 is 11.2. The van der Waals surface area contributed by atoms with Crippen molar-refractivity contribution in [2.45, 2.75) is 18.5 Å². The third-order valence-corrected chi connectivity index (χ3v) is 2.70. The molecule has 0 saturated carbocycles. The van der Waals surface area contributed by atoms with Gasteiger partial charge in [-0.05, 0) is 17.7 Å². The van der Waals surface area contributed by atoms with Crippen molar-refractivity contribution in [3.05, 3.63) is 46.6 Å². The molecule has 0 aliphatic carbocycles. The topological polar surface area (TPSA) is 38.9 Å². The van der Waals surface area contributed by atoms with Gasteiger partial charge in [-0.3, -0.25) is 0 Å². The Bertz CT molecular complexity index is 486. The second kappa shape index (κ2) is 5.47. The maximum Gasteiger partial charge on any atom is 0.241 e. The zero-order chi connectivity index (χ0) is 12.3. The van der Waals surface area contributed by atoms with Crippen LogP contribution < -0.4 is 0 Å². The normalized spacial score (nSPS) is 12.6. The number of aromatic nitrogens is 2. The van der Waals surface area contributed by atoms with Gasteiger partial charge in [-0.2, -0.15) is 4.98 Å². The highest BCUT2D eigenvalue weighted by atomic mass is 35.5. The minimum absolute atomic E-state index is 0.0576. The van der Waals surface area contributed by atoms with E-state index in [-0.39, 0.29) is 12.3 Å². The maximum atomic E-state index is 13.9. The summed E-state index contributed by atoms with van der Waals surface area (Å²) in [6.07, 6.45) is -1.13. The third kappa shape index (κ3) is 3.17. The summed E-state index contributed by atoms with van der Waals surface area (Å²) in [4.78, 5) is 3.94. The highest BCUT2D eigenvalue weighted by Gasteiger charge is 2.15. The first-order valence-corrected chi connectivity index (χ1v) is 5.87.